The van der Waals surface area contributed by atoms with Crippen molar-refractivity contribution in [2.45, 2.75) is 25.8 Å². The molecule has 1 fully saturated rings. The molecule has 0 bridgehead atoms. The topological polar surface area (TPSA) is 64.3 Å². The number of ether oxygens (including phenoxy) is 1. The Labute approximate surface area is 101 Å². The third-order valence-electron chi connectivity index (χ3n) is 3.24. The van der Waals surface area contributed by atoms with Crippen LogP contribution in [0.15, 0.2) is 18.2 Å². The van der Waals surface area contributed by atoms with Crippen LogP contribution in [0.2, 0.25) is 0 Å². The minimum Gasteiger partial charge on any atom is -0.495 e. The van der Waals surface area contributed by atoms with Crippen LogP contribution < -0.4 is 15.8 Å². The molecule has 1 saturated carbocycles. The number of hydrogen-bond donors (Lipinski definition) is 2. The molecule has 17 heavy (non-hydrogen) atoms. The molecule has 0 radical (unpaired) electrons. The number of hydrogen-bond acceptors (Lipinski definition) is 3. The highest BCUT2D eigenvalue weighted by Crippen LogP contribution is 2.30. The van der Waals surface area contributed by atoms with Crippen LogP contribution in [0.3, 0.4) is 0 Å². The lowest BCUT2D eigenvalue weighted by Crippen LogP contribution is -2.28. The Hall–Kier alpha value is -1.55. The summed E-state index contributed by atoms with van der Waals surface area (Å²) in [6.45, 7) is 0.465. The molecule has 0 atom stereocenters. The van der Waals surface area contributed by atoms with E-state index in [9.17, 15) is 4.79 Å². The van der Waals surface area contributed by atoms with Gasteiger partial charge in [0.15, 0.2) is 0 Å². The Morgan fingerprint density at radius 2 is 2.29 bits per heavy atom. The summed E-state index contributed by atoms with van der Waals surface area (Å²) in [5.74, 6) is 0.935. The van der Waals surface area contributed by atoms with Gasteiger partial charge < -0.3 is 15.8 Å². The van der Waals surface area contributed by atoms with Gasteiger partial charge in [-0.3, -0.25) is 4.79 Å². The lowest BCUT2D eigenvalue weighted by Gasteiger charge is -2.24. The standard InChI is InChI=1S/C13H18N2O2/c1-17-12-7-9(8-14)5-6-11(12)15-13(16)10-3-2-4-10/h5-7,10H,2-4,8,14H2,1H3,(H,15,16). The number of methoxy groups -OCH3 is 1. The smallest absolute Gasteiger partial charge is 0.227 e. The summed E-state index contributed by atoms with van der Waals surface area (Å²) in [5, 5.41) is 2.91. The van der Waals surface area contributed by atoms with Gasteiger partial charge in [0.25, 0.3) is 0 Å². The van der Waals surface area contributed by atoms with Gasteiger partial charge in [0.05, 0.1) is 12.8 Å². The van der Waals surface area contributed by atoms with Crippen LogP contribution in [-0.2, 0) is 11.3 Å². The Bertz CT molecular complexity index is 414. The Balaban J connectivity index is 2.11. The van der Waals surface area contributed by atoms with Crippen LogP contribution in [0.25, 0.3) is 0 Å². The molecule has 0 aromatic heterocycles. The lowest BCUT2D eigenvalue weighted by molar-refractivity contribution is -0.122. The maximum Gasteiger partial charge on any atom is 0.227 e. The molecule has 1 aliphatic carbocycles. The Kier molecular flexibility index (Phi) is 3.64. The van der Waals surface area contributed by atoms with Crippen molar-refractivity contribution in [3.05, 3.63) is 23.8 Å². The monoisotopic (exact) mass is 234 g/mol. The van der Waals surface area contributed by atoms with Gasteiger partial charge in [-0.2, -0.15) is 0 Å². The number of nitrogens with one attached hydrogen (secondary N) is 1. The van der Waals surface area contributed by atoms with Crippen LogP contribution in [-0.4, -0.2) is 13.0 Å². The molecule has 0 heterocycles. The number of benzene rings is 1. The highest BCUT2D eigenvalue weighted by molar-refractivity contribution is 5.94. The van der Waals surface area contributed by atoms with E-state index in [0.717, 1.165) is 30.5 Å². The van der Waals surface area contributed by atoms with Crippen LogP contribution in [0.1, 0.15) is 24.8 Å². The average Bonchev–Trinajstić information content (AvgIpc) is 2.27. The van der Waals surface area contributed by atoms with E-state index in [1.165, 1.54) is 0 Å². The second kappa shape index (κ2) is 5.19. The second-order valence-electron chi connectivity index (χ2n) is 4.36. The minimum atomic E-state index is 0.0926. The van der Waals surface area contributed by atoms with Crippen molar-refractivity contribution in [2.75, 3.05) is 12.4 Å². The lowest BCUT2D eigenvalue weighted by atomic mass is 9.85. The van der Waals surface area contributed by atoms with E-state index in [1.807, 2.05) is 18.2 Å². The molecular weight excluding hydrogens is 216 g/mol. The molecule has 1 amide bonds. The van der Waals surface area contributed by atoms with Gasteiger partial charge >= 0.3 is 0 Å². The van der Waals surface area contributed by atoms with Gasteiger partial charge in [0.1, 0.15) is 5.75 Å². The normalized spacial score (nSPS) is 15.2. The molecule has 1 aromatic carbocycles. The largest absolute Gasteiger partial charge is 0.495 e. The zero-order valence-corrected chi connectivity index (χ0v) is 10.0. The first-order valence-electron chi connectivity index (χ1n) is 5.92. The molecule has 92 valence electrons. The van der Waals surface area contributed by atoms with Crippen LogP contribution in [0, 0.1) is 5.92 Å². The van der Waals surface area contributed by atoms with Crippen molar-refractivity contribution in [3.63, 3.8) is 0 Å². The van der Waals surface area contributed by atoms with Gasteiger partial charge in [0.2, 0.25) is 5.91 Å². The Morgan fingerprint density at radius 1 is 1.53 bits per heavy atom. The summed E-state index contributed by atoms with van der Waals surface area (Å²) < 4.78 is 5.25. The third kappa shape index (κ3) is 2.58. The molecule has 1 aliphatic rings. The van der Waals surface area contributed by atoms with Crippen molar-refractivity contribution in [2.24, 2.45) is 11.7 Å². The first kappa shape index (κ1) is 11.9. The zero-order valence-electron chi connectivity index (χ0n) is 10.0. The van der Waals surface area contributed by atoms with Crippen molar-refractivity contribution < 1.29 is 9.53 Å². The van der Waals surface area contributed by atoms with Gasteiger partial charge in [0, 0.05) is 12.5 Å². The quantitative estimate of drug-likeness (QED) is 0.836. The number of nitrogens with two attached hydrogens (primary N) is 1. The number of anilines is 1. The second-order valence-corrected chi connectivity index (χ2v) is 4.36. The van der Waals surface area contributed by atoms with E-state index in [0.29, 0.717) is 12.3 Å². The number of carbonyl (C=O) groups is 1. The molecule has 1 aromatic rings. The first-order valence-corrected chi connectivity index (χ1v) is 5.92. The molecule has 4 nitrogen and oxygen atoms in total. The van der Waals surface area contributed by atoms with E-state index >= 15 is 0 Å². The van der Waals surface area contributed by atoms with Gasteiger partial charge in [-0.05, 0) is 30.5 Å². The van der Waals surface area contributed by atoms with Gasteiger partial charge in [-0.25, -0.2) is 0 Å². The van der Waals surface area contributed by atoms with Crippen molar-refractivity contribution >= 4 is 11.6 Å². The predicted molar refractivity (Wildman–Crippen MR) is 66.9 cm³/mol. The van der Waals surface area contributed by atoms with Crippen LogP contribution in [0.4, 0.5) is 5.69 Å². The van der Waals surface area contributed by atoms with Crippen molar-refractivity contribution in [1.82, 2.24) is 0 Å². The van der Waals surface area contributed by atoms with Crippen molar-refractivity contribution in [1.29, 1.82) is 0 Å². The summed E-state index contributed by atoms with van der Waals surface area (Å²) >= 11 is 0. The SMILES string of the molecule is COc1cc(CN)ccc1NC(=O)C1CCC1. The highest BCUT2D eigenvalue weighted by Gasteiger charge is 2.25. The van der Waals surface area contributed by atoms with Crippen LogP contribution >= 0.6 is 0 Å². The van der Waals surface area contributed by atoms with Crippen molar-refractivity contribution in [3.8, 4) is 5.75 Å². The van der Waals surface area contributed by atoms with Crippen LogP contribution in [0.5, 0.6) is 5.75 Å². The summed E-state index contributed by atoms with van der Waals surface area (Å²) in [4.78, 5) is 11.8. The maximum absolute atomic E-state index is 11.8. The number of carbonyl (C=O) groups excluding carboxylic acids is 1. The van der Waals surface area contributed by atoms with E-state index in [4.69, 9.17) is 10.5 Å². The molecule has 0 saturated heterocycles. The zero-order chi connectivity index (χ0) is 12.3. The molecule has 4 heteroatoms. The predicted octanol–water partition coefficient (Wildman–Crippen LogP) is 1.89. The fourth-order valence-corrected chi connectivity index (χ4v) is 1.87. The molecule has 3 N–H and O–H groups in total. The first-order chi connectivity index (χ1) is 8.24. The summed E-state index contributed by atoms with van der Waals surface area (Å²) in [6, 6.07) is 5.60. The molecular formula is C13H18N2O2. The third-order valence-corrected chi connectivity index (χ3v) is 3.24. The fourth-order valence-electron chi connectivity index (χ4n) is 1.87. The number of rotatable bonds is 4. The fraction of sp³-hybridized carbons (Fsp3) is 0.462. The van der Waals surface area contributed by atoms with Gasteiger partial charge in [-0.15, -0.1) is 0 Å². The van der Waals surface area contributed by atoms with E-state index < -0.39 is 0 Å². The number of amides is 1. The minimum absolute atomic E-state index is 0.0926. The summed E-state index contributed by atoms with van der Waals surface area (Å²) in [6.07, 6.45) is 3.14. The van der Waals surface area contributed by atoms with E-state index in [2.05, 4.69) is 5.32 Å². The summed E-state index contributed by atoms with van der Waals surface area (Å²) in [5.41, 5.74) is 7.27. The summed E-state index contributed by atoms with van der Waals surface area (Å²) in [7, 11) is 1.59. The van der Waals surface area contributed by atoms with E-state index in [1.54, 1.807) is 7.11 Å². The molecule has 2 rings (SSSR count). The molecule has 0 aliphatic heterocycles. The highest BCUT2D eigenvalue weighted by atomic mass is 16.5. The maximum atomic E-state index is 11.8. The Morgan fingerprint density at radius 3 is 2.82 bits per heavy atom. The average molecular weight is 234 g/mol. The van der Waals surface area contributed by atoms with Gasteiger partial charge in [-0.1, -0.05) is 12.5 Å². The molecule has 0 spiro atoms. The molecule has 0 unspecified atom stereocenters. The van der Waals surface area contributed by atoms with E-state index in [-0.39, 0.29) is 11.8 Å².